The van der Waals surface area contributed by atoms with Crippen LogP contribution in [0.4, 0.5) is 0 Å². The first-order valence-corrected chi connectivity index (χ1v) is 7.41. The number of nitrogens with zero attached hydrogens (tertiary/aromatic N) is 3. The number of fused-ring (bicyclic) bond motifs is 1. The highest BCUT2D eigenvalue weighted by Crippen LogP contribution is 2.26. The van der Waals surface area contributed by atoms with Crippen molar-refractivity contribution in [1.29, 1.82) is 0 Å². The van der Waals surface area contributed by atoms with E-state index in [4.69, 9.17) is 4.98 Å². The van der Waals surface area contributed by atoms with Crippen molar-refractivity contribution in [3.63, 3.8) is 0 Å². The molecule has 1 aliphatic rings. The van der Waals surface area contributed by atoms with Crippen LogP contribution < -0.4 is 5.32 Å². The molecule has 0 saturated heterocycles. The fourth-order valence-electron chi connectivity index (χ4n) is 2.99. The van der Waals surface area contributed by atoms with Crippen molar-refractivity contribution < 1.29 is 0 Å². The zero-order chi connectivity index (χ0) is 13.9. The van der Waals surface area contributed by atoms with E-state index in [1.54, 1.807) is 0 Å². The van der Waals surface area contributed by atoms with Crippen LogP contribution in [0.25, 0.3) is 0 Å². The average Bonchev–Trinajstić information content (AvgIpc) is 2.86. The van der Waals surface area contributed by atoms with E-state index in [0.29, 0.717) is 12.0 Å². The van der Waals surface area contributed by atoms with Gasteiger partial charge in [0.15, 0.2) is 0 Å². The molecule has 3 heterocycles. The van der Waals surface area contributed by atoms with Gasteiger partial charge in [-0.2, -0.15) is 0 Å². The normalized spacial score (nSPS) is 19.6. The van der Waals surface area contributed by atoms with Crippen LogP contribution in [0.2, 0.25) is 0 Å². The highest BCUT2D eigenvalue weighted by atomic mass is 15.1. The minimum absolute atomic E-state index is 0.351. The van der Waals surface area contributed by atoms with E-state index in [0.717, 1.165) is 18.8 Å². The van der Waals surface area contributed by atoms with Gasteiger partial charge in [-0.1, -0.05) is 0 Å². The van der Waals surface area contributed by atoms with E-state index in [9.17, 15) is 0 Å². The van der Waals surface area contributed by atoms with E-state index >= 15 is 0 Å². The summed E-state index contributed by atoms with van der Waals surface area (Å²) in [6.07, 6.45) is 8.35. The van der Waals surface area contributed by atoms with Crippen LogP contribution in [0.3, 0.4) is 0 Å². The van der Waals surface area contributed by atoms with Gasteiger partial charge in [-0.15, -0.1) is 0 Å². The first-order chi connectivity index (χ1) is 9.74. The van der Waals surface area contributed by atoms with E-state index in [2.05, 4.69) is 47.0 Å². The summed E-state index contributed by atoms with van der Waals surface area (Å²) in [5.41, 5.74) is 2.42. The molecule has 20 heavy (non-hydrogen) atoms. The third kappa shape index (κ3) is 2.75. The van der Waals surface area contributed by atoms with Gasteiger partial charge < -0.3 is 9.88 Å². The van der Waals surface area contributed by atoms with Crippen molar-refractivity contribution in [2.24, 2.45) is 0 Å². The van der Waals surface area contributed by atoms with Crippen molar-refractivity contribution in [1.82, 2.24) is 19.9 Å². The number of imidazole rings is 1. The lowest BCUT2D eigenvalue weighted by Crippen LogP contribution is -2.28. The van der Waals surface area contributed by atoms with Gasteiger partial charge in [0, 0.05) is 43.6 Å². The van der Waals surface area contributed by atoms with Crippen LogP contribution in [0, 0.1) is 6.92 Å². The van der Waals surface area contributed by atoms with Crippen LogP contribution in [0.1, 0.15) is 48.8 Å². The number of aromatic nitrogens is 3. The lowest BCUT2D eigenvalue weighted by molar-refractivity contribution is 0.408. The quantitative estimate of drug-likeness (QED) is 0.929. The Hall–Kier alpha value is -1.68. The SMILES string of the molecule is Cc1cn2c(n1)C(CNC(C)c1ccncc1)CCC2. The molecule has 2 atom stereocenters. The van der Waals surface area contributed by atoms with Crippen LogP contribution in [0.15, 0.2) is 30.7 Å². The topological polar surface area (TPSA) is 42.7 Å². The van der Waals surface area contributed by atoms with Crippen molar-refractivity contribution >= 4 is 0 Å². The number of nitrogens with one attached hydrogen (secondary N) is 1. The Morgan fingerprint density at radius 2 is 2.20 bits per heavy atom. The smallest absolute Gasteiger partial charge is 0.113 e. The zero-order valence-electron chi connectivity index (χ0n) is 12.2. The summed E-state index contributed by atoms with van der Waals surface area (Å²) < 4.78 is 2.32. The summed E-state index contributed by atoms with van der Waals surface area (Å²) in [7, 11) is 0. The summed E-state index contributed by atoms with van der Waals surface area (Å²) in [5.74, 6) is 1.78. The molecule has 2 unspecified atom stereocenters. The van der Waals surface area contributed by atoms with Gasteiger partial charge in [-0.3, -0.25) is 4.98 Å². The predicted molar refractivity (Wildman–Crippen MR) is 79.6 cm³/mol. The largest absolute Gasteiger partial charge is 0.334 e. The molecule has 0 fully saturated rings. The highest BCUT2D eigenvalue weighted by Gasteiger charge is 2.22. The summed E-state index contributed by atoms with van der Waals surface area (Å²) in [6, 6.07) is 4.50. The molecule has 0 saturated carbocycles. The van der Waals surface area contributed by atoms with Crippen molar-refractivity contribution in [3.8, 4) is 0 Å². The Kier molecular flexibility index (Phi) is 3.83. The van der Waals surface area contributed by atoms with E-state index in [-0.39, 0.29) is 0 Å². The van der Waals surface area contributed by atoms with Crippen molar-refractivity contribution in [2.75, 3.05) is 6.54 Å². The maximum atomic E-state index is 4.70. The molecule has 4 heteroatoms. The molecule has 0 radical (unpaired) electrons. The molecule has 2 aromatic heterocycles. The minimum atomic E-state index is 0.351. The Morgan fingerprint density at radius 3 is 3.00 bits per heavy atom. The fourth-order valence-corrected chi connectivity index (χ4v) is 2.99. The molecule has 1 N–H and O–H groups in total. The Balaban J connectivity index is 1.65. The van der Waals surface area contributed by atoms with Crippen LogP contribution in [-0.2, 0) is 6.54 Å². The second-order valence-corrected chi connectivity index (χ2v) is 5.68. The van der Waals surface area contributed by atoms with Gasteiger partial charge in [0.1, 0.15) is 5.82 Å². The molecule has 0 aromatic carbocycles. The monoisotopic (exact) mass is 270 g/mol. The standard InChI is InChI=1S/C16H22N4/c1-12-11-20-9-3-4-15(16(20)19-12)10-18-13(2)14-5-7-17-8-6-14/h5-8,11,13,15,18H,3-4,9-10H2,1-2H3. The van der Waals surface area contributed by atoms with Crippen LogP contribution in [-0.4, -0.2) is 21.1 Å². The van der Waals surface area contributed by atoms with Gasteiger partial charge in [-0.05, 0) is 44.4 Å². The van der Waals surface area contributed by atoms with E-state index in [1.807, 2.05) is 12.4 Å². The number of rotatable bonds is 4. The lowest BCUT2D eigenvalue weighted by atomic mass is 9.98. The van der Waals surface area contributed by atoms with Crippen molar-refractivity contribution in [2.45, 2.75) is 45.2 Å². The maximum Gasteiger partial charge on any atom is 0.113 e. The third-order valence-corrected chi connectivity index (χ3v) is 4.12. The van der Waals surface area contributed by atoms with Crippen LogP contribution >= 0.6 is 0 Å². The second-order valence-electron chi connectivity index (χ2n) is 5.68. The highest BCUT2D eigenvalue weighted by molar-refractivity contribution is 5.15. The van der Waals surface area contributed by atoms with Gasteiger partial charge in [-0.25, -0.2) is 4.98 Å². The molecular weight excluding hydrogens is 248 g/mol. The van der Waals surface area contributed by atoms with Crippen molar-refractivity contribution in [3.05, 3.63) is 47.8 Å². The Bertz CT molecular complexity index is 561. The zero-order valence-corrected chi connectivity index (χ0v) is 12.2. The number of aryl methyl sites for hydroxylation is 2. The van der Waals surface area contributed by atoms with E-state index in [1.165, 1.54) is 24.2 Å². The molecule has 0 amide bonds. The van der Waals surface area contributed by atoms with Gasteiger partial charge in [0.2, 0.25) is 0 Å². The number of hydrogen-bond donors (Lipinski definition) is 1. The average molecular weight is 270 g/mol. The van der Waals surface area contributed by atoms with Gasteiger partial charge >= 0.3 is 0 Å². The number of pyridine rings is 1. The van der Waals surface area contributed by atoms with E-state index < -0.39 is 0 Å². The lowest BCUT2D eigenvalue weighted by Gasteiger charge is -2.25. The number of hydrogen-bond acceptors (Lipinski definition) is 3. The second kappa shape index (κ2) is 5.75. The minimum Gasteiger partial charge on any atom is -0.334 e. The molecule has 0 aliphatic carbocycles. The molecule has 3 rings (SSSR count). The molecule has 106 valence electrons. The predicted octanol–water partition coefficient (Wildman–Crippen LogP) is 2.81. The molecule has 2 aromatic rings. The molecular formula is C16H22N4. The third-order valence-electron chi connectivity index (χ3n) is 4.12. The molecule has 4 nitrogen and oxygen atoms in total. The summed E-state index contributed by atoms with van der Waals surface area (Å²) in [5, 5.41) is 3.64. The molecule has 1 aliphatic heterocycles. The summed E-state index contributed by atoms with van der Waals surface area (Å²) in [4.78, 5) is 8.77. The first kappa shape index (κ1) is 13.3. The Morgan fingerprint density at radius 1 is 1.40 bits per heavy atom. The van der Waals surface area contributed by atoms with Crippen LogP contribution in [0.5, 0.6) is 0 Å². The molecule has 0 spiro atoms. The fraction of sp³-hybridized carbons (Fsp3) is 0.500. The summed E-state index contributed by atoms with van der Waals surface area (Å²) in [6.45, 7) is 6.39. The molecule has 0 bridgehead atoms. The van der Waals surface area contributed by atoms with Gasteiger partial charge in [0.25, 0.3) is 0 Å². The first-order valence-electron chi connectivity index (χ1n) is 7.41. The maximum absolute atomic E-state index is 4.70. The summed E-state index contributed by atoms with van der Waals surface area (Å²) >= 11 is 0. The van der Waals surface area contributed by atoms with Gasteiger partial charge in [0.05, 0.1) is 5.69 Å². The Labute approximate surface area is 120 Å².